The Morgan fingerprint density at radius 1 is 1.14 bits per heavy atom. The number of benzene rings is 1. The van der Waals surface area contributed by atoms with Crippen molar-refractivity contribution in [2.45, 2.75) is 40.5 Å². The number of rotatable bonds is 6. The van der Waals surface area contributed by atoms with Crippen molar-refractivity contribution in [3.8, 4) is 0 Å². The second-order valence-electron chi connectivity index (χ2n) is 7.54. The van der Waals surface area contributed by atoms with Crippen LogP contribution in [0, 0.1) is 12.8 Å². The lowest BCUT2D eigenvalue weighted by molar-refractivity contribution is 0.102. The lowest BCUT2D eigenvalue weighted by Crippen LogP contribution is -2.34. The summed E-state index contributed by atoms with van der Waals surface area (Å²) in [6, 6.07) is 9.69. The predicted molar refractivity (Wildman–Crippen MR) is 115 cm³/mol. The molecule has 0 radical (unpaired) electrons. The molecule has 0 spiro atoms. The van der Waals surface area contributed by atoms with Gasteiger partial charge in [-0.25, -0.2) is 9.97 Å². The van der Waals surface area contributed by atoms with Crippen LogP contribution < -0.4 is 15.1 Å². The summed E-state index contributed by atoms with van der Waals surface area (Å²) < 4.78 is 0. The Labute approximate surface area is 168 Å². The first-order valence-electron chi connectivity index (χ1n) is 10.3. The van der Waals surface area contributed by atoms with Crippen LogP contribution in [0.15, 0.2) is 30.3 Å². The van der Waals surface area contributed by atoms with Crippen LogP contribution in [0.3, 0.4) is 0 Å². The number of hydrogen-bond acceptors (Lipinski definition) is 5. The lowest BCUT2D eigenvalue weighted by atomic mass is 10.00. The molecule has 1 aliphatic rings. The van der Waals surface area contributed by atoms with Crippen LogP contribution in [-0.2, 0) is 0 Å². The molecule has 28 heavy (non-hydrogen) atoms. The molecule has 0 atom stereocenters. The van der Waals surface area contributed by atoms with Crippen LogP contribution in [0.2, 0.25) is 0 Å². The van der Waals surface area contributed by atoms with E-state index in [1.165, 1.54) is 0 Å². The Morgan fingerprint density at radius 3 is 2.39 bits per heavy atom. The molecule has 2 aromatic rings. The maximum atomic E-state index is 12.8. The number of aryl methyl sites for hydroxylation is 1. The first-order chi connectivity index (χ1) is 13.5. The second-order valence-corrected chi connectivity index (χ2v) is 7.54. The van der Waals surface area contributed by atoms with Crippen LogP contribution in [0.4, 0.5) is 17.3 Å². The van der Waals surface area contributed by atoms with Gasteiger partial charge in [0.2, 0.25) is 5.95 Å². The van der Waals surface area contributed by atoms with Crippen molar-refractivity contribution in [1.29, 1.82) is 0 Å². The largest absolute Gasteiger partial charge is 0.372 e. The molecule has 3 rings (SSSR count). The summed E-state index contributed by atoms with van der Waals surface area (Å²) in [5.41, 5.74) is 3.15. The third-order valence-corrected chi connectivity index (χ3v) is 5.40. The van der Waals surface area contributed by atoms with Gasteiger partial charge < -0.3 is 15.1 Å². The molecular weight excluding hydrogens is 350 g/mol. The second kappa shape index (κ2) is 9.04. The lowest BCUT2D eigenvalue weighted by Gasteiger charge is -2.30. The fourth-order valence-corrected chi connectivity index (χ4v) is 3.56. The smallest absolute Gasteiger partial charge is 0.274 e. The van der Waals surface area contributed by atoms with E-state index in [1.807, 2.05) is 31.2 Å². The number of amides is 1. The van der Waals surface area contributed by atoms with Gasteiger partial charge in [-0.05, 0) is 69.9 Å². The molecule has 1 aliphatic heterocycles. The van der Waals surface area contributed by atoms with Crippen molar-refractivity contribution in [2.75, 3.05) is 41.3 Å². The van der Waals surface area contributed by atoms with Crippen molar-refractivity contribution < 1.29 is 4.79 Å². The van der Waals surface area contributed by atoms with Gasteiger partial charge >= 0.3 is 0 Å². The average Bonchev–Trinajstić information content (AvgIpc) is 2.70. The summed E-state index contributed by atoms with van der Waals surface area (Å²) in [5.74, 6) is 1.20. The molecule has 2 heterocycles. The minimum absolute atomic E-state index is 0.201. The quantitative estimate of drug-likeness (QED) is 0.815. The molecule has 1 saturated heterocycles. The molecule has 1 aromatic carbocycles. The van der Waals surface area contributed by atoms with Crippen molar-refractivity contribution in [3.05, 3.63) is 41.7 Å². The highest BCUT2D eigenvalue weighted by Crippen LogP contribution is 2.21. The van der Waals surface area contributed by atoms with E-state index in [4.69, 9.17) is 0 Å². The molecular formula is C22H31N5O. The van der Waals surface area contributed by atoms with Gasteiger partial charge in [0.1, 0.15) is 5.69 Å². The van der Waals surface area contributed by atoms with Crippen LogP contribution >= 0.6 is 0 Å². The molecule has 1 aromatic heterocycles. The maximum absolute atomic E-state index is 12.8. The van der Waals surface area contributed by atoms with E-state index in [1.54, 1.807) is 6.07 Å². The first kappa shape index (κ1) is 20.1. The molecule has 0 unspecified atom stereocenters. The highest BCUT2D eigenvalue weighted by Gasteiger charge is 2.20. The van der Waals surface area contributed by atoms with Gasteiger partial charge in [-0.1, -0.05) is 6.92 Å². The number of aromatic nitrogens is 2. The Morgan fingerprint density at radius 2 is 1.79 bits per heavy atom. The van der Waals surface area contributed by atoms with Crippen molar-refractivity contribution in [2.24, 2.45) is 5.92 Å². The average molecular weight is 382 g/mol. The van der Waals surface area contributed by atoms with E-state index in [2.05, 4.69) is 45.9 Å². The van der Waals surface area contributed by atoms with Crippen molar-refractivity contribution in [3.63, 3.8) is 0 Å². The molecule has 0 aliphatic carbocycles. The third-order valence-electron chi connectivity index (χ3n) is 5.40. The van der Waals surface area contributed by atoms with E-state index in [-0.39, 0.29) is 5.91 Å². The minimum Gasteiger partial charge on any atom is -0.372 e. The van der Waals surface area contributed by atoms with Crippen molar-refractivity contribution in [1.82, 2.24) is 9.97 Å². The highest BCUT2D eigenvalue weighted by atomic mass is 16.1. The van der Waals surface area contributed by atoms with Gasteiger partial charge in [0.25, 0.3) is 5.91 Å². The zero-order valence-electron chi connectivity index (χ0n) is 17.4. The third kappa shape index (κ3) is 4.80. The Kier molecular flexibility index (Phi) is 6.49. The van der Waals surface area contributed by atoms with Crippen LogP contribution in [0.1, 0.15) is 49.8 Å². The van der Waals surface area contributed by atoms with Gasteiger partial charge in [0.05, 0.1) is 0 Å². The fraction of sp³-hybridized carbons (Fsp3) is 0.500. The molecule has 0 saturated carbocycles. The van der Waals surface area contributed by atoms with Gasteiger partial charge in [0, 0.05) is 43.2 Å². The summed E-state index contributed by atoms with van der Waals surface area (Å²) in [6.07, 6.45) is 2.27. The Balaban J connectivity index is 1.72. The maximum Gasteiger partial charge on any atom is 0.274 e. The van der Waals surface area contributed by atoms with E-state index < -0.39 is 0 Å². The summed E-state index contributed by atoms with van der Waals surface area (Å²) in [4.78, 5) is 26.3. The molecule has 6 nitrogen and oxygen atoms in total. The Hall–Kier alpha value is -2.63. The van der Waals surface area contributed by atoms with E-state index in [0.717, 1.165) is 62.0 Å². The minimum atomic E-state index is -0.201. The molecule has 1 N–H and O–H groups in total. The number of nitrogens with one attached hydrogen (secondary N) is 1. The number of carbonyl (C=O) groups excluding carboxylic acids is 1. The number of hydrogen-bond donors (Lipinski definition) is 1. The fourth-order valence-electron chi connectivity index (χ4n) is 3.56. The molecule has 1 amide bonds. The van der Waals surface area contributed by atoms with Crippen LogP contribution in [0.5, 0.6) is 0 Å². The normalized spacial score (nSPS) is 14.8. The summed E-state index contributed by atoms with van der Waals surface area (Å²) in [6.45, 7) is 12.3. The van der Waals surface area contributed by atoms with Gasteiger partial charge in [-0.2, -0.15) is 0 Å². The monoisotopic (exact) mass is 381 g/mol. The zero-order valence-corrected chi connectivity index (χ0v) is 17.4. The molecule has 0 bridgehead atoms. The van der Waals surface area contributed by atoms with E-state index in [9.17, 15) is 4.79 Å². The number of carbonyl (C=O) groups is 1. The van der Waals surface area contributed by atoms with E-state index in [0.29, 0.717) is 11.6 Å². The number of piperidine rings is 1. The molecule has 6 heteroatoms. The zero-order chi connectivity index (χ0) is 20.1. The van der Waals surface area contributed by atoms with Crippen LogP contribution in [0.25, 0.3) is 0 Å². The van der Waals surface area contributed by atoms with E-state index >= 15 is 0 Å². The summed E-state index contributed by atoms with van der Waals surface area (Å²) in [5, 5.41) is 2.96. The number of nitrogens with zero attached hydrogens (tertiary/aromatic N) is 4. The highest BCUT2D eigenvalue weighted by molar-refractivity contribution is 6.03. The van der Waals surface area contributed by atoms with Gasteiger partial charge in [-0.15, -0.1) is 0 Å². The topological polar surface area (TPSA) is 61.4 Å². The summed E-state index contributed by atoms with van der Waals surface area (Å²) in [7, 11) is 0. The van der Waals surface area contributed by atoms with Gasteiger partial charge in [-0.3, -0.25) is 4.79 Å². The molecule has 150 valence electrons. The Bertz CT molecular complexity index is 793. The predicted octanol–water partition coefficient (Wildman–Crippen LogP) is 4.12. The molecule has 1 fully saturated rings. The van der Waals surface area contributed by atoms with Crippen molar-refractivity contribution >= 4 is 23.2 Å². The standard InChI is InChI=1S/C22H31N5O/c1-5-26(6-2)19-9-7-18(8-10-19)24-21(28)20-15-17(4)23-22(25-20)27-13-11-16(3)12-14-27/h7-10,15-16H,5-6,11-14H2,1-4H3,(H,24,28). The SMILES string of the molecule is CCN(CC)c1ccc(NC(=O)c2cc(C)nc(N3CCC(C)CC3)n2)cc1. The first-order valence-corrected chi connectivity index (χ1v) is 10.3. The van der Waals surface area contributed by atoms with Gasteiger partial charge in [0.15, 0.2) is 0 Å². The number of anilines is 3. The summed E-state index contributed by atoms with van der Waals surface area (Å²) >= 11 is 0. The van der Waals surface area contributed by atoms with Crippen LogP contribution in [-0.4, -0.2) is 42.1 Å².